The number of ether oxygens (including phenoxy) is 1. The highest BCUT2D eigenvalue weighted by atomic mass is 32.2. The van der Waals surface area contributed by atoms with Crippen molar-refractivity contribution in [2.45, 2.75) is 31.1 Å². The smallest absolute Gasteiger partial charge is 0.252 e. The van der Waals surface area contributed by atoms with Crippen LogP contribution in [-0.4, -0.2) is 56.5 Å². The lowest BCUT2D eigenvalue weighted by Crippen LogP contribution is -2.41. The number of benzene rings is 1. The SMILES string of the molecule is Cc1csc(CCCCNC(=O)c2ccccc2S(=O)(=O)N2CCOCC2)n1. The average Bonchev–Trinajstić information content (AvgIpc) is 3.13. The van der Waals surface area contributed by atoms with Gasteiger partial charge in [0, 0.05) is 30.7 Å². The minimum Gasteiger partial charge on any atom is -0.379 e. The number of hydrogen-bond donors (Lipinski definition) is 1. The van der Waals surface area contributed by atoms with Gasteiger partial charge in [-0.15, -0.1) is 11.3 Å². The first-order valence-corrected chi connectivity index (χ1v) is 11.7. The molecule has 0 spiro atoms. The van der Waals surface area contributed by atoms with Crippen LogP contribution in [-0.2, 0) is 21.2 Å². The van der Waals surface area contributed by atoms with Crippen LogP contribution in [0.15, 0.2) is 34.5 Å². The predicted molar refractivity (Wildman–Crippen MR) is 108 cm³/mol. The third kappa shape index (κ3) is 5.16. The van der Waals surface area contributed by atoms with E-state index in [1.165, 1.54) is 10.4 Å². The zero-order valence-corrected chi connectivity index (χ0v) is 17.5. The Balaban J connectivity index is 1.58. The summed E-state index contributed by atoms with van der Waals surface area (Å²) in [5, 5.41) is 5.98. The highest BCUT2D eigenvalue weighted by Crippen LogP contribution is 2.21. The highest BCUT2D eigenvalue weighted by molar-refractivity contribution is 7.89. The molecular weight excluding hydrogens is 398 g/mol. The molecule has 28 heavy (non-hydrogen) atoms. The molecule has 0 atom stereocenters. The number of amides is 1. The first-order valence-electron chi connectivity index (χ1n) is 9.34. The van der Waals surface area contributed by atoms with E-state index in [1.807, 2.05) is 12.3 Å². The van der Waals surface area contributed by atoms with Crippen molar-refractivity contribution in [2.24, 2.45) is 0 Å². The number of nitrogens with zero attached hydrogens (tertiary/aromatic N) is 2. The zero-order valence-electron chi connectivity index (χ0n) is 15.9. The first kappa shape index (κ1) is 20.9. The number of unbranched alkanes of at least 4 members (excludes halogenated alkanes) is 1. The van der Waals surface area contributed by atoms with Crippen molar-refractivity contribution >= 4 is 27.3 Å². The fourth-order valence-electron chi connectivity index (χ4n) is 3.02. The molecule has 2 aromatic rings. The van der Waals surface area contributed by atoms with Gasteiger partial charge in [0.05, 0.1) is 28.7 Å². The van der Waals surface area contributed by atoms with E-state index in [2.05, 4.69) is 10.3 Å². The second kappa shape index (κ2) is 9.60. The molecule has 9 heteroatoms. The molecule has 0 aliphatic carbocycles. The Morgan fingerprint density at radius 3 is 2.71 bits per heavy atom. The van der Waals surface area contributed by atoms with Gasteiger partial charge >= 0.3 is 0 Å². The number of carbonyl (C=O) groups excluding carboxylic acids is 1. The lowest BCUT2D eigenvalue weighted by Gasteiger charge is -2.26. The molecule has 1 aromatic carbocycles. The summed E-state index contributed by atoms with van der Waals surface area (Å²) in [6.45, 7) is 3.80. The molecule has 0 bridgehead atoms. The molecule has 0 saturated carbocycles. The molecule has 2 heterocycles. The van der Waals surface area contributed by atoms with Crippen LogP contribution in [0.25, 0.3) is 0 Å². The Morgan fingerprint density at radius 1 is 1.25 bits per heavy atom. The lowest BCUT2D eigenvalue weighted by atomic mass is 10.2. The summed E-state index contributed by atoms with van der Waals surface area (Å²) in [4.78, 5) is 17.1. The Kier molecular flexibility index (Phi) is 7.17. The van der Waals surface area contributed by atoms with E-state index < -0.39 is 10.0 Å². The quantitative estimate of drug-likeness (QED) is 0.658. The Bertz CT molecular complexity index is 905. The monoisotopic (exact) mass is 423 g/mol. The van der Waals surface area contributed by atoms with E-state index in [4.69, 9.17) is 4.74 Å². The fourth-order valence-corrected chi connectivity index (χ4v) is 5.44. The molecule has 1 amide bonds. The van der Waals surface area contributed by atoms with Gasteiger partial charge in [0.2, 0.25) is 10.0 Å². The molecule has 1 aliphatic rings. The summed E-state index contributed by atoms with van der Waals surface area (Å²) in [6, 6.07) is 6.36. The molecule has 3 rings (SSSR count). The molecule has 1 fully saturated rings. The van der Waals surface area contributed by atoms with Crippen molar-refractivity contribution < 1.29 is 17.9 Å². The number of sulfonamides is 1. The summed E-state index contributed by atoms with van der Waals surface area (Å²) in [5.41, 5.74) is 1.22. The lowest BCUT2D eigenvalue weighted by molar-refractivity contribution is 0.0730. The van der Waals surface area contributed by atoms with Crippen molar-refractivity contribution in [2.75, 3.05) is 32.8 Å². The number of carbonyl (C=O) groups is 1. The number of thiazole rings is 1. The topological polar surface area (TPSA) is 88.6 Å². The minimum absolute atomic E-state index is 0.0488. The van der Waals surface area contributed by atoms with Gasteiger partial charge in [0.15, 0.2) is 0 Å². The summed E-state index contributed by atoms with van der Waals surface area (Å²) < 4.78 is 32.5. The van der Waals surface area contributed by atoms with E-state index in [9.17, 15) is 13.2 Å². The highest BCUT2D eigenvalue weighted by Gasteiger charge is 2.29. The van der Waals surface area contributed by atoms with E-state index in [-0.39, 0.29) is 16.4 Å². The van der Waals surface area contributed by atoms with Crippen molar-refractivity contribution in [1.29, 1.82) is 0 Å². The third-order valence-electron chi connectivity index (χ3n) is 4.49. The number of rotatable bonds is 8. The maximum Gasteiger partial charge on any atom is 0.252 e. The van der Waals surface area contributed by atoms with Crippen LogP contribution in [0.1, 0.15) is 33.9 Å². The molecular formula is C19H25N3O4S2. The summed E-state index contributed by atoms with van der Waals surface area (Å²) in [6.07, 6.45) is 2.61. The van der Waals surface area contributed by atoms with Crippen molar-refractivity contribution in [3.63, 3.8) is 0 Å². The molecule has 0 radical (unpaired) electrons. The molecule has 0 unspecified atom stereocenters. The van der Waals surface area contributed by atoms with Crippen LogP contribution >= 0.6 is 11.3 Å². The third-order valence-corrected chi connectivity index (χ3v) is 7.47. The maximum absolute atomic E-state index is 12.9. The van der Waals surface area contributed by atoms with Gasteiger partial charge in [-0.1, -0.05) is 12.1 Å². The maximum atomic E-state index is 12.9. The van der Waals surface area contributed by atoms with Gasteiger partial charge in [-0.05, 0) is 38.3 Å². The number of aromatic nitrogens is 1. The van der Waals surface area contributed by atoms with Crippen molar-refractivity contribution in [3.05, 3.63) is 45.9 Å². The molecule has 7 nitrogen and oxygen atoms in total. The van der Waals surface area contributed by atoms with Gasteiger partial charge in [-0.3, -0.25) is 4.79 Å². The average molecular weight is 424 g/mol. The fraction of sp³-hybridized carbons (Fsp3) is 0.474. The Morgan fingerprint density at radius 2 is 2.00 bits per heavy atom. The zero-order chi connectivity index (χ0) is 20.0. The molecule has 1 aromatic heterocycles. The van der Waals surface area contributed by atoms with Crippen molar-refractivity contribution in [3.8, 4) is 0 Å². The van der Waals surface area contributed by atoms with Crippen LogP contribution in [0.2, 0.25) is 0 Å². The van der Waals surface area contributed by atoms with E-state index in [1.54, 1.807) is 29.5 Å². The largest absolute Gasteiger partial charge is 0.379 e. The van der Waals surface area contributed by atoms with Crippen molar-refractivity contribution in [1.82, 2.24) is 14.6 Å². The molecule has 1 aliphatic heterocycles. The van der Waals surface area contributed by atoms with Crippen LogP contribution in [0.4, 0.5) is 0 Å². The van der Waals surface area contributed by atoms with Gasteiger partial charge in [-0.2, -0.15) is 4.31 Å². The summed E-state index contributed by atoms with van der Waals surface area (Å²) >= 11 is 1.65. The van der Waals surface area contributed by atoms with Crippen LogP contribution in [0.3, 0.4) is 0 Å². The Hall–Kier alpha value is -1.81. The molecule has 1 N–H and O–H groups in total. The number of hydrogen-bond acceptors (Lipinski definition) is 6. The van der Waals surface area contributed by atoms with Crippen LogP contribution < -0.4 is 5.32 Å². The van der Waals surface area contributed by atoms with E-state index >= 15 is 0 Å². The van der Waals surface area contributed by atoms with E-state index in [0.717, 1.165) is 30.0 Å². The summed E-state index contributed by atoms with van der Waals surface area (Å²) in [7, 11) is -3.72. The van der Waals surface area contributed by atoms with Crippen LogP contribution in [0, 0.1) is 6.92 Å². The van der Waals surface area contributed by atoms with Gasteiger partial charge in [0.25, 0.3) is 5.91 Å². The minimum atomic E-state index is -3.72. The number of nitrogens with one attached hydrogen (secondary N) is 1. The first-order chi connectivity index (χ1) is 13.5. The normalized spacial score (nSPS) is 15.5. The number of aryl methyl sites for hydroxylation is 2. The van der Waals surface area contributed by atoms with Gasteiger partial charge in [0.1, 0.15) is 0 Å². The van der Waals surface area contributed by atoms with Crippen LogP contribution in [0.5, 0.6) is 0 Å². The van der Waals surface area contributed by atoms with Gasteiger partial charge < -0.3 is 10.1 Å². The Labute approximate surface area is 169 Å². The van der Waals surface area contributed by atoms with Gasteiger partial charge in [-0.25, -0.2) is 13.4 Å². The number of morpholine rings is 1. The molecule has 1 saturated heterocycles. The second-order valence-corrected chi connectivity index (χ2v) is 9.46. The summed E-state index contributed by atoms with van der Waals surface area (Å²) in [5.74, 6) is -0.363. The van der Waals surface area contributed by atoms with E-state index in [0.29, 0.717) is 32.8 Å². The predicted octanol–water partition coefficient (Wildman–Crippen LogP) is 2.23. The molecule has 152 valence electrons. The standard InChI is InChI=1S/C19H25N3O4S2/c1-15-14-27-18(21-15)8-4-5-9-20-19(23)16-6-2-3-7-17(16)28(24,25)22-10-12-26-13-11-22/h2-3,6-7,14H,4-5,8-13H2,1H3,(H,20,23). The second-order valence-electron chi connectivity index (χ2n) is 6.61.